The molecule has 0 aliphatic rings. The monoisotopic (exact) mass is 312 g/mol. The zero-order valence-electron chi connectivity index (χ0n) is 13.0. The predicted molar refractivity (Wildman–Crippen MR) is 91.9 cm³/mol. The van der Waals surface area contributed by atoms with Crippen molar-refractivity contribution in [2.24, 2.45) is 0 Å². The second kappa shape index (κ2) is 7.95. The number of thioether (sulfide) groups is 1. The molecule has 0 aliphatic carbocycles. The van der Waals surface area contributed by atoms with E-state index in [4.69, 9.17) is 0 Å². The van der Waals surface area contributed by atoms with E-state index in [0.717, 1.165) is 28.0 Å². The molecule has 114 valence electrons. The number of Topliss-reactive ketones (excluding diaryl/α,β-unsaturated/α-hetero) is 2. The lowest BCUT2D eigenvalue weighted by Gasteiger charge is -2.04. The molecule has 0 spiro atoms. The third kappa shape index (κ3) is 4.57. The fourth-order valence-electron chi connectivity index (χ4n) is 2.08. The van der Waals surface area contributed by atoms with Crippen LogP contribution >= 0.6 is 11.8 Å². The quantitative estimate of drug-likeness (QED) is 0.535. The van der Waals surface area contributed by atoms with Gasteiger partial charge in [-0.25, -0.2) is 0 Å². The maximum atomic E-state index is 12.1. The van der Waals surface area contributed by atoms with E-state index in [1.54, 1.807) is 0 Å². The Morgan fingerprint density at radius 3 is 2.00 bits per heavy atom. The molecule has 2 nitrogen and oxygen atoms in total. The highest BCUT2D eigenvalue weighted by Gasteiger charge is 2.08. The van der Waals surface area contributed by atoms with Crippen molar-refractivity contribution in [3.8, 4) is 0 Å². The number of aryl methyl sites for hydroxylation is 1. The summed E-state index contributed by atoms with van der Waals surface area (Å²) in [5.41, 5.74) is 2.64. The summed E-state index contributed by atoms with van der Waals surface area (Å²) in [5, 5.41) is 0. The third-order valence-corrected chi connectivity index (χ3v) is 4.41. The Morgan fingerprint density at radius 1 is 0.864 bits per heavy atom. The zero-order chi connectivity index (χ0) is 15.9. The molecule has 0 atom stereocenters. The van der Waals surface area contributed by atoms with Crippen LogP contribution in [0.25, 0.3) is 0 Å². The molecule has 0 radical (unpaired) electrons. The summed E-state index contributed by atoms with van der Waals surface area (Å²) in [5.74, 6) is 0.705. The minimum atomic E-state index is 0.121. The Morgan fingerprint density at radius 2 is 1.41 bits per heavy atom. The van der Waals surface area contributed by atoms with Gasteiger partial charge in [0.1, 0.15) is 0 Å². The van der Waals surface area contributed by atoms with Gasteiger partial charge in [-0.2, -0.15) is 0 Å². The van der Waals surface area contributed by atoms with E-state index >= 15 is 0 Å². The van der Waals surface area contributed by atoms with Gasteiger partial charge in [0.05, 0.1) is 5.75 Å². The first kappa shape index (κ1) is 16.5. The first-order chi connectivity index (χ1) is 10.6. The summed E-state index contributed by atoms with van der Waals surface area (Å²) in [7, 11) is 0. The molecule has 0 unspecified atom stereocenters. The lowest BCUT2D eigenvalue weighted by molar-refractivity contribution is 0.0980. The van der Waals surface area contributed by atoms with Gasteiger partial charge < -0.3 is 0 Å². The average molecular weight is 312 g/mol. The SMILES string of the molecule is CCCC(=O)c1ccc(SCC(=O)c2ccc(C)cc2)cc1. The van der Waals surface area contributed by atoms with Crippen molar-refractivity contribution in [2.45, 2.75) is 31.6 Å². The number of hydrogen-bond acceptors (Lipinski definition) is 3. The second-order valence-corrected chi connectivity index (χ2v) is 6.32. The van der Waals surface area contributed by atoms with Crippen LogP contribution in [0.1, 0.15) is 46.0 Å². The molecule has 0 saturated carbocycles. The van der Waals surface area contributed by atoms with Crippen LogP contribution in [0.2, 0.25) is 0 Å². The van der Waals surface area contributed by atoms with Crippen LogP contribution in [0, 0.1) is 6.92 Å². The Hall–Kier alpha value is -1.87. The minimum absolute atomic E-state index is 0.121. The van der Waals surface area contributed by atoms with Crippen molar-refractivity contribution in [3.63, 3.8) is 0 Å². The summed E-state index contributed by atoms with van der Waals surface area (Å²) < 4.78 is 0. The van der Waals surface area contributed by atoms with Gasteiger partial charge in [0, 0.05) is 22.4 Å². The molecule has 22 heavy (non-hydrogen) atoms. The van der Waals surface area contributed by atoms with Crippen LogP contribution in [0.4, 0.5) is 0 Å². The molecule has 2 aromatic rings. The summed E-state index contributed by atoms with van der Waals surface area (Å²) >= 11 is 1.50. The minimum Gasteiger partial charge on any atom is -0.294 e. The summed E-state index contributed by atoms with van der Waals surface area (Å²) in [6, 6.07) is 15.1. The Labute approximate surface area is 135 Å². The summed E-state index contributed by atoms with van der Waals surface area (Å²) in [4.78, 5) is 24.9. The topological polar surface area (TPSA) is 34.1 Å². The van der Waals surface area contributed by atoms with Gasteiger partial charge in [-0.05, 0) is 25.5 Å². The lowest BCUT2D eigenvalue weighted by atomic mass is 10.1. The second-order valence-electron chi connectivity index (χ2n) is 5.28. The first-order valence-corrected chi connectivity index (χ1v) is 8.44. The van der Waals surface area contributed by atoms with Crippen molar-refractivity contribution in [1.29, 1.82) is 0 Å². The fraction of sp³-hybridized carbons (Fsp3) is 0.263. The smallest absolute Gasteiger partial charge is 0.173 e. The van der Waals surface area contributed by atoms with Gasteiger partial charge in [-0.1, -0.05) is 48.9 Å². The van der Waals surface area contributed by atoms with Crippen LogP contribution in [0.3, 0.4) is 0 Å². The Bertz CT molecular complexity index is 642. The molecule has 2 rings (SSSR count). The molecular weight excluding hydrogens is 292 g/mol. The lowest BCUT2D eigenvalue weighted by Crippen LogP contribution is -2.02. The van der Waals surface area contributed by atoms with E-state index < -0.39 is 0 Å². The van der Waals surface area contributed by atoms with E-state index in [9.17, 15) is 9.59 Å². The highest BCUT2D eigenvalue weighted by atomic mass is 32.2. The van der Waals surface area contributed by atoms with E-state index in [1.165, 1.54) is 11.8 Å². The molecule has 3 heteroatoms. The van der Waals surface area contributed by atoms with Crippen molar-refractivity contribution in [1.82, 2.24) is 0 Å². The molecule has 2 aromatic carbocycles. The number of hydrogen-bond donors (Lipinski definition) is 0. The van der Waals surface area contributed by atoms with Crippen molar-refractivity contribution in [2.75, 3.05) is 5.75 Å². The highest BCUT2D eigenvalue weighted by Crippen LogP contribution is 2.20. The molecule has 0 N–H and O–H groups in total. The van der Waals surface area contributed by atoms with E-state index in [1.807, 2.05) is 62.4 Å². The van der Waals surface area contributed by atoms with Gasteiger partial charge in [0.2, 0.25) is 0 Å². The van der Waals surface area contributed by atoms with Crippen LogP contribution in [0.5, 0.6) is 0 Å². The maximum Gasteiger partial charge on any atom is 0.173 e. The zero-order valence-corrected chi connectivity index (χ0v) is 13.8. The van der Waals surface area contributed by atoms with Crippen LogP contribution < -0.4 is 0 Å². The van der Waals surface area contributed by atoms with Gasteiger partial charge in [0.25, 0.3) is 0 Å². The standard InChI is InChI=1S/C19H20O2S/c1-3-4-18(20)15-9-11-17(12-10-15)22-13-19(21)16-7-5-14(2)6-8-16/h5-12H,3-4,13H2,1-2H3. The van der Waals surface area contributed by atoms with E-state index in [0.29, 0.717) is 12.2 Å². The van der Waals surface area contributed by atoms with Crippen LogP contribution in [-0.2, 0) is 0 Å². The average Bonchev–Trinajstić information content (AvgIpc) is 2.54. The molecule has 0 fully saturated rings. The molecular formula is C19H20O2S. The molecule has 0 aromatic heterocycles. The number of carbonyl (C=O) groups excluding carboxylic acids is 2. The largest absolute Gasteiger partial charge is 0.294 e. The van der Waals surface area contributed by atoms with Crippen molar-refractivity contribution >= 4 is 23.3 Å². The summed E-state index contributed by atoms with van der Waals surface area (Å²) in [6.07, 6.45) is 1.44. The number of carbonyl (C=O) groups is 2. The highest BCUT2D eigenvalue weighted by molar-refractivity contribution is 8.00. The molecule has 0 saturated heterocycles. The third-order valence-electron chi connectivity index (χ3n) is 3.40. The van der Waals surface area contributed by atoms with Crippen molar-refractivity contribution in [3.05, 3.63) is 65.2 Å². The molecule has 0 bridgehead atoms. The maximum absolute atomic E-state index is 12.1. The van der Waals surface area contributed by atoms with Crippen molar-refractivity contribution < 1.29 is 9.59 Å². The molecule has 0 amide bonds. The van der Waals surface area contributed by atoms with Gasteiger partial charge in [-0.3, -0.25) is 9.59 Å². The molecule has 0 heterocycles. The fourth-order valence-corrected chi connectivity index (χ4v) is 2.87. The number of ketones is 2. The predicted octanol–water partition coefficient (Wildman–Crippen LogP) is 4.95. The van der Waals surface area contributed by atoms with Crippen LogP contribution in [0.15, 0.2) is 53.4 Å². The van der Waals surface area contributed by atoms with Gasteiger partial charge in [-0.15, -0.1) is 11.8 Å². The first-order valence-electron chi connectivity index (χ1n) is 7.46. The normalized spacial score (nSPS) is 10.5. The van der Waals surface area contributed by atoms with E-state index in [2.05, 4.69) is 0 Å². The van der Waals surface area contributed by atoms with Gasteiger partial charge >= 0.3 is 0 Å². The Balaban J connectivity index is 1.92. The molecule has 0 aliphatic heterocycles. The number of rotatable bonds is 7. The van der Waals surface area contributed by atoms with Crippen LogP contribution in [-0.4, -0.2) is 17.3 Å². The number of benzene rings is 2. The van der Waals surface area contributed by atoms with Gasteiger partial charge in [0.15, 0.2) is 11.6 Å². The van der Waals surface area contributed by atoms with E-state index in [-0.39, 0.29) is 11.6 Å². The summed E-state index contributed by atoms with van der Waals surface area (Å²) in [6.45, 7) is 4.00. The Kier molecular flexibility index (Phi) is 5.96.